The number of hydrogen-bond acceptors (Lipinski definition) is 2. The SMILES string of the molecule is Fc1ccc(NCC2CCOCC2)c(Cl)c1. The molecule has 1 aliphatic rings. The predicted molar refractivity (Wildman–Crippen MR) is 63.4 cm³/mol. The lowest BCUT2D eigenvalue weighted by Gasteiger charge is -2.22. The zero-order chi connectivity index (χ0) is 11.4. The third-order valence-electron chi connectivity index (χ3n) is 2.85. The van der Waals surface area contributed by atoms with Gasteiger partial charge in [-0.2, -0.15) is 0 Å². The lowest BCUT2D eigenvalue weighted by atomic mass is 10.0. The molecule has 0 amide bonds. The van der Waals surface area contributed by atoms with Crippen LogP contribution in [0.4, 0.5) is 10.1 Å². The van der Waals surface area contributed by atoms with E-state index in [-0.39, 0.29) is 5.82 Å². The number of halogens is 2. The van der Waals surface area contributed by atoms with Crippen molar-refractivity contribution in [2.75, 3.05) is 25.1 Å². The van der Waals surface area contributed by atoms with Gasteiger partial charge in [-0.1, -0.05) is 11.6 Å². The number of nitrogens with one attached hydrogen (secondary N) is 1. The molecule has 2 nitrogen and oxygen atoms in total. The molecule has 0 aromatic heterocycles. The van der Waals surface area contributed by atoms with Crippen molar-refractivity contribution in [3.8, 4) is 0 Å². The first-order valence-electron chi connectivity index (χ1n) is 5.52. The van der Waals surface area contributed by atoms with E-state index in [4.69, 9.17) is 16.3 Å². The summed E-state index contributed by atoms with van der Waals surface area (Å²) in [7, 11) is 0. The van der Waals surface area contributed by atoms with E-state index < -0.39 is 0 Å². The van der Waals surface area contributed by atoms with Crippen LogP contribution in [0.2, 0.25) is 5.02 Å². The Morgan fingerprint density at radius 1 is 1.38 bits per heavy atom. The van der Waals surface area contributed by atoms with Crippen molar-refractivity contribution in [2.24, 2.45) is 5.92 Å². The molecule has 0 bridgehead atoms. The van der Waals surface area contributed by atoms with Crippen LogP contribution in [-0.2, 0) is 4.74 Å². The van der Waals surface area contributed by atoms with E-state index in [0.717, 1.165) is 38.3 Å². The third kappa shape index (κ3) is 3.09. The molecule has 0 aliphatic carbocycles. The standard InChI is InChI=1S/C12H15ClFNO/c13-11-7-10(14)1-2-12(11)15-8-9-3-5-16-6-4-9/h1-2,7,9,15H,3-6,8H2. The first kappa shape index (κ1) is 11.7. The maximum Gasteiger partial charge on any atom is 0.124 e. The highest BCUT2D eigenvalue weighted by atomic mass is 35.5. The van der Waals surface area contributed by atoms with Crippen LogP contribution in [0.25, 0.3) is 0 Å². The van der Waals surface area contributed by atoms with Crippen molar-refractivity contribution in [3.63, 3.8) is 0 Å². The lowest BCUT2D eigenvalue weighted by Crippen LogP contribution is -2.22. The lowest BCUT2D eigenvalue weighted by molar-refractivity contribution is 0.0699. The van der Waals surface area contributed by atoms with Crippen LogP contribution in [0, 0.1) is 11.7 Å². The van der Waals surface area contributed by atoms with Gasteiger partial charge in [-0.25, -0.2) is 4.39 Å². The topological polar surface area (TPSA) is 21.3 Å². The van der Waals surface area contributed by atoms with Crippen LogP contribution in [0.15, 0.2) is 18.2 Å². The van der Waals surface area contributed by atoms with E-state index >= 15 is 0 Å². The summed E-state index contributed by atoms with van der Waals surface area (Å²) in [6.07, 6.45) is 2.15. The van der Waals surface area contributed by atoms with Crippen molar-refractivity contribution < 1.29 is 9.13 Å². The average molecular weight is 244 g/mol. The predicted octanol–water partition coefficient (Wildman–Crippen LogP) is 3.32. The fraction of sp³-hybridized carbons (Fsp3) is 0.500. The molecule has 0 unspecified atom stereocenters. The van der Waals surface area contributed by atoms with Crippen molar-refractivity contribution in [2.45, 2.75) is 12.8 Å². The largest absolute Gasteiger partial charge is 0.384 e. The molecule has 0 saturated carbocycles. The molecular weight excluding hydrogens is 229 g/mol. The fourth-order valence-corrected chi connectivity index (χ4v) is 2.07. The van der Waals surface area contributed by atoms with Crippen LogP contribution in [-0.4, -0.2) is 19.8 Å². The highest BCUT2D eigenvalue weighted by Crippen LogP contribution is 2.23. The normalized spacial score (nSPS) is 17.4. The number of ether oxygens (including phenoxy) is 1. The minimum absolute atomic E-state index is 0.304. The van der Waals surface area contributed by atoms with Gasteiger partial charge in [-0.15, -0.1) is 0 Å². The van der Waals surface area contributed by atoms with Gasteiger partial charge in [0.2, 0.25) is 0 Å². The summed E-state index contributed by atoms with van der Waals surface area (Å²) < 4.78 is 18.1. The van der Waals surface area contributed by atoms with E-state index in [0.29, 0.717) is 10.9 Å². The fourth-order valence-electron chi connectivity index (χ4n) is 1.84. The molecule has 1 fully saturated rings. The Morgan fingerprint density at radius 2 is 2.12 bits per heavy atom. The van der Waals surface area contributed by atoms with Gasteiger partial charge < -0.3 is 10.1 Å². The molecule has 4 heteroatoms. The van der Waals surface area contributed by atoms with E-state index in [2.05, 4.69) is 5.32 Å². The third-order valence-corrected chi connectivity index (χ3v) is 3.17. The Morgan fingerprint density at radius 3 is 2.81 bits per heavy atom. The van der Waals surface area contributed by atoms with Gasteiger partial charge in [0.15, 0.2) is 0 Å². The summed E-state index contributed by atoms with van der Waals surface area (Å²) in [6.45, 7) is 2.54. The van der Waals surface area contributed by atoms with Crippen molar-refractivity contribution in [1.82, 2.24) is 0 Å². The van der Waals surface area contributed by atoms with Gasteiger partial charge in [0.1, 0.15) is 5.82 Å². The smallest absolute Gasteiger partial charge is 0.124 e. The number of rotatable bonds is 3. The second-order valence-corrected chi connectivity index (χ2v) is 4.47. The van der Waals surface area contributed by atoms with E-state index in [9.17, 15) is 4.39 Å². The molecule has 0 radical (unpaired) electrons. The maximum absolute atomic E-state index is 12.8. The van der Waals surface area contributed by atoms with E-state index in [1.807, 2.05) is 0 Å². The van der Waals surface area contributed by atoms with Crippen LogP contribution < -0.4 is 5.32 Å². The first-order valence-corrected chi connectivity index (χ1v) is 5.90. The second kappa shape index (κ2) is 5.51. The average Bonchev–Trinajstić information content (AvgIpc) is 2.29. The summed E-state index contributed by atoms with van der Waals surface area (Å²) in [5.41, 5.74) is 0.801. The van der Waals surface area contributed by atoms with Gasteiger partial charge in [0.25, 0.3) is 0 Å². The van der Waals surface area contributed by atoms with Crippen LogP contribution >= 0.6 is 11.6 Å². The summed E-state index contributed by atoms with van der Waals surface area (Å²) in [6, 6.07) is 4.42. The zero-order valence-electron chi connectivity index (χ0n) is 9.01. The van der Waals surface area contributed by atoms with Crippen molar-refractivity contribution >= 4 is 17.3 Å². The minimum atomic E-state index is -0.304. The van der Waals surface area contributed by atoms with Gasteiger partial charge in [0.05, 0.1) is 10.7 Å². The van der Waals surface area contributed by atoms with Crippen LogP contribution in [0.1, 0.15) is 12.8 Å². The molecule has 16 heavy (non-hydrogen) atoms. The molecule has 88 valence electrons. The Hall–Kier alpha value is -0.800. The summed E-state index contributed by atoms with van der Waals surface area (Å²) in [5, 5.41) is 3.69. The number of anilines is 1. The first-order chi connectivity index (χ1) is 7.75. The van der Waals surface area contributed by atoms with Gasteiger partial charge >= 0.3 is 0 Å². The van der Waals surface area contributed by atoms with E-state index in [1.165, 1.54) is 12.1 Å². The zero-order valence-corrected chi connectivity index (χ0v) is 9.77. The Balaban J connectivity index is 1.88. The monoisotopic (exact) mass is 243 g/mol. The molecule has 2 rings (SSSR count). The molecule has 1 aliphatic heterocycles. The van der Waals surface area contributed by atoms with E-state index in [1.54, 1.807) is 6.07 Å². The Bertz CT molecular complexity index is 353. The Labute approximate surface area is 99.7 Å². The molecule has 0 spiro atoms. The quantitative estimate of drug-likeness (QED) is 0.880. The number of benzene rings is 1. The summed E-state index contributed by atoms with van der Waals surface area (Å²) in [5.74, 6) is 0.316. The van der Waals surface area contributed by atoms with Crippen molar-refractivity contribution in [3.05, 3.63) is 29.0 Å². The summed E-state index contributed by atoms with van der Waals surface area (Å²) >= 11 is 5.92. The molecule has 1 heterocycles. The molecular formula is C12H15ClFNO. The molecule has 1 aromatic carbocycles. The molecule has 1 aromatic rings. The number of hydrogen-bond donors (Lipinski definition) is 1. The van der Waals surface area contributed by atoms with Gasteiger partial charge in [0, 0.05) is 19.8 Å². The molecule has 0 atom stereocenters. The van der Waals surface area contributed by atoms with Gasteiger partial charge in [-0.3, -0.25) is 0 Å². The second-order valence-electron chi connectivity index (χ2n) is 4.06. The van der Waals surface area contributed by atoms with Crippen molar-refractivity contribution in [1.29, 1.82) is 0 Å². The molecule has 1 saturated heterocycles. The maximum atomic E-state index is 12.8. The highest BCUT2D eigenvalue weighted by Gasteiger charge is 2.13. The summed E-state index contributed by atoms with van der Waals surface area (Å²) in [4.78, 5) is 0. The molecule has 1 N–H and O–H groups in total. The van der Waals surface area contributed by atoms with Crippen LogP contribution in [0.5, 0.6) is 0 Å². The Kier molecular flexibility index (Phi) is 4.02. The minimum Gasteiger partial charge on any atom is -0.384 e. The van der Waals surface area contributed by atoms with Crippen LogP contribution in [0.3, 0.4) is 0 Å². The van der Waals surface area contributed by atoms with Gasteiger partial charge in [-0.05, 0) is 37.0 Å². The highest BCUT2D eigenvalue weighted by molar-refractivity contribution is 6.33.